The number of amides is 2. The lowest BCUT2D eigenvalue weighted by molar-refractivity contribution is 0.252. The molecule has 1 radical (unpaired) electrons. The molecular formula is C17H14N5O. The Hall–Kier alpha value is -3.15. The maximum absolute atomic E-state index is 12.4. The zero-order valence-corrected chi connectivity index (χ0v) is 12.8. The molecule has 3 heterocycles. The number of nitrogens with zero attached hydrogens (tertiary/aromatic N) is 5. The van der Waals surface area contributed by atoms with Crippen molar-refractivity contribution < 1.29 is 4.79 Å². The van der Waals surface area contributed by atoms with Gasteiger partial charge in [-0.1, -0.05) is 12.1 Å². The lowest BCUT2D eigenvalue weighted by Gasteiger charge is -2.19. The zero-order chi connectivity index (χ0) is 16.0. The Morgan fingerprint density at radius 1 is 1.09 bits per heavy atom. The number of benzene rings is 1. The molecule has 0 spiro atoms. The van der Waals surface area contributed by atoms with Gasteiger partial charge in [0.2, 0.25) is 0 Å². The lowest BCUT2D eigenvalue weighted by Crippen LogP contribution is -2.26. The molecule has 0 saturated carbocycles. The number of allylic oxidation sites excluding steroid dienone is 1. The molecular weight excluding hydrogens is 290 g/mol. The second-order valence-electron chi connectivity index (χ2n) is 5.48. The molecule has 0 aliphatic carbocycles. The summed E-state index contributed by atoms with van der Waals surface area (Å²) in [5.74, 6) is 0. The molecule has 1 aromatic carbocycles. The van der Waals surface area contributed by atoms with Crippen LogP contribution in [0.25, 0.3) is 11.3 Å². The second-order valence-corrected chi connectivity index (χ2v) is 5.48. The topological polar surface area (TPSA) is 64.6 Å². The number of hydrogen-bond acceptors (Lipinski definition) is 3. The first-order valence-electron chi connectivity index (χ1n) is 7.26. The predicted octanol–water partition coefficient (Wildman–Crippen LogP) is 2.97. The van der Waals surface area contributed by atoms with E-state index < -0.39 is 0 Å². The van der Waals surface area contributed by atoms with Crippen LogP contribution in [0.5, 0.6) is 0 Å². The molecule has 23 heavy (non-hydrogen) atoms. The lowest BCUT2D eigenvalue weighted by atomic mass is 10.1. The highest BCUT2D eigenvalue weighted by Crippen LogP contribution is 2.33. The highest BCUT2D eigenvalue weighted by Gasteiger charge is 2.32. The van der Waals surface area contributed by atoms with Crippen LogP contribution in [0.15, 0.2) is 54.6 Å². The van der Waals surface area contributed by atoms with Crippen molar-refractivity contribution in [2.24, 2.45) is 0 Å². The van der Waals surface area contributed by atoms with Crippen molar-refractivity contribution in [1.29, 1.82) is 0 Å². The summed E-state index contributed by atoms with van der Waals surface area (Å²) < 4.78 is 1.69. The summed E-state index contributed by atoms with van der Waals surface area (Å²) in [6, 6.07) is 11.3. The Balaban J connectivity index is 1.86. The first-order chi connectivity index (χ1) is 11.1. The first-order valence-corrected chi connectivity index (χ1v) is 7.26. The SMILES string of the molecule is CC1=C(c2ccc3ncnn3c2)N(c2cccc(C)c2)C(=O)[N]1. The van der Waals surface area contributed by atoms with Crippen LogP contribution >= 0.6 is 0 Å². The average molecular weight is 304 g/mol. The number of aryl methyl sites for hydroxylation is 1. The summed E-state index contributed by atoms with van der Waals surface area (Å²) in [4.78, 5) is 18.2. The van der Waals surface area contributed by atoms with Crippen LogP contribution in [0.4, 0.5) is 10.5 Å². The van der Waals surface area contributed by atoms with Gasteiger partial charge < -0.3 is 0 Å². The number of pyridine rings is 1. The molecule has 1 aliphatic rings. The molecule has 3 aromatic rings. The Morgan fingerprint density at radius 2 is 1.96 bits per heavy atom. The third-order valence-electron chi connectivity index (χ3n) is 3.83. The maximum Gasteiger partial charge on any atom is 0.352 e. The number of hydrogen-bond donors (Lipinski definition) is 0. The number of urea groups is 1. The first kappa shape index (κ1) is 13.5. The molecule has 2 amide bonds. The van der Waals surface area contributed by atoms with Gasteiger partial charge >= 0.3 is 6.03 Å². The fourth-order valence-electron chi connectivity index (χ4n) is 2.81. The van der Waals surface area contributed by atoms with Crippen LogP contribution in [-0.2, 0) is 0 Å². The molecule has 113 valence electrons. The van der Waals surface area contributed by atoms with Gasteiger partial charge in [-0.3, -0.25) is 4.90 Å². The molecule has 0 atom stereocenters. The van der Waals surface area contributed by atoms with Gasteiger partial charge in [0.05, 0.1) is 17.1 Å². The minimum absolute atomic E-state index is 0.276. The molecule has 4 rings (SSSR count). The largest absolute Gasteiger partial charge is 0.352 e. The minimum atomic E-state index is -0.276. The van der Waals surface area contributed by atoms with Gasteiger partial charge in [-0.25, -0.2) is 14.3 Å². The van der Waals surface area contributed by atoms with Gasteiger partial charge in [0.15, 0.2) is 5.65 Å². The van der Waals surface area contributed by atoms with E-state index in [1.807, 2.05) is 56.4 Å². The van der Waals surface area contributed by atoms with E-state index in [0.29, 0.717) is 5.70 Å². The van der Waals surface area contributed by atoms with E-state index in [1.54, 1.807) is 9.42 Å². The average Bonchev–Trinajstić information content (AvgIpc) is 3.10. The number of fused-ring (bicyclic) bond motifs is 1. The predicted molar refractivity (Wildman–Crippen MR) is 86.8 cm³/mol. The third kappa shape index (κ3) is 2.15. The Kier molecular flexibility index (Phi) is 2.90. The van der Waals surface area contributed by atoms with Crippen LogP contribution in [0.2, 0.25) is 0 Å². The molecule has 0 saturated heterocycles. The molecule has 0 fully saturated rings. The van der Waals surface area contributed by atoms with E-state index in [-0.39, 0.29) is 6.03 Å². The van der Waals surface area contributed by atoms with Crippen molar-refractivity contribution in [2.45, 2.75) is 13.8 Å². The molecule has 6 nitrogen and oxygen atoms in total. The monoisotopic (exact) mass is 304 g/mol. The fraction of sp³-hybridized carbons (Fsp3) is 0.118. The Bertz CT molecular complexity index is 956. The van der Waals surface area contributed by atoms with Gasteiger partial charge in [-0.05, 0) is 43.7 Å². The summed E-state index contributed by atoms with van der Waals surface area (Å²) in [6.45, 7) is 3.84. The normalized spacial score (nSPS) is 14.7. The third-order valence-corrected chi connectivity index (χ3v) is 3.83. The molecule has 6 heteroatoms. The minimum Gasteiger partial charge on any atom is -0.259 e. The van der Waals surface area contributed by atoms with Crippen molar-refractivity contribution in [3.8, 4) is 0 Å². The van der Waals surface area contributed by atoms with Gasteiger partial charge in [0, 0.05) is 11.8 Å². The molecule has 1 aliphatic heterocycles. The highest BCUT2D eigenvalue weighted by atomic mass is 16.2. The van der Waals surface area contributed by atoms with E-state index in [0.717, 1.165) is 28.2 Å². The van der Waals surface area contributed by atoms with E-state index in [2.05, 4.69) is 15.4 Å². The van der Waals surface area contributed by atoms with Gasteiger partial charge in [-0.15, -0.1) is 0 Å². The van der Waals surface area contributed by atoms with E-state index in [9.17, 15) is 4.79 Å². The zero-order valence-electron chi connectivity index (χ0n) is 12.8. The van der Waals surface area contributed by atoms with Crippen molar-refractivity contribution in [3.05, 3.63) is 65.7 Å². The van der Waals surface area contributed by atoms with Crippen molar-refractivity contribution >= 4 is 23.1 Å². The van der Waals surface area contributed by atoms with Crippen LogP contribution in [-0.4, -0.2) is 20.6 Å². The van der Waals surface area contributed by atoms with Crippen molar-refractivity contribution in [2.75, 3.05) is 4.90 Å². The summed E-state index contributed by atoms with van der Waals surface area (Å²) in [5, 5.41) is 8.28. The summed E-state index contributed by atoms with van der Waals surface area (Å²) in [6.07, 6.45) is 3.36. The summed E-state index contributed by atoms with van der Waals surface area (Å²) >= 11 is 0. The Labute approximate surface area is 133 Å². The van der Waals surface area contributed by atoms with Crippen molar-refractivity contribution in [1.82, 2.24) is 19.9 Å². The number of anilines is 1. The maximum atomic E-state index is 12.4. The van der Waals surface area contributed by atoms with Gasteiger partial charge in [-0.2, -0.15) is 10.4 Å². The number of rotatable bonds is 2. The number of carbonyl (C=O) groups excluding carboxylic acids is 1. The standard InChI is InChI=1S/C17H14N5O/c1-11-4-3-5-14(8-11)22-16(12(2)20-17(22)23)13-6-7-15-18-10-19-21(15)9-13/h3-10H,1-2H3. The highest BCUT2D eigenvalue weighted by molar-refractivity contribution is 6.10. The molecule has 0 bridgehead atoms. The Morgan fingerprint density at radius 3 is 2.78 bits per heavy atom. The number of carbonyl (C=O) groups is 1. The second kappa shape index (κ2) is 4.95. The molecule has 2 aromatic heterocycles. The fourth-order valence-corrected chi connectivity index (χ4v) is 2.81. The van der Waals surface area contributed by atoms with E-state index in [1.165, 1.54) is 6.33 Å². The molecule has 0 N–H and O–H groups in total. The van der Waals surface area contributed by atoms with Gasteiger partial charge in [0.25, 0.3) is 0 Å². The van der Waals surface area contributed by atoms with Crippen LogP contribution < -0.4 is 10.2 Å². The smallest absolute Gasteiger partial charge is 0.259 e. The van der Waals surface area contributed by atoms with E-state index in [4.69, 9.17) is 0 Å². The number of aromatic nitrogens is 3. The summed E-state index contributed by atoms with van der Waals surface area (Å²) in [5.41, 5.74) is 5.00. The quantitative estimate of drug-likeness (QED) is 0.731. The van der Waals surface area contributed by atoms with Gasteiger partial charge in [0.1, 0.15) is 6.33 Å². The summed E-state index contributed by atoms with van der Waals surface area (Å²) in [7, 11) is 0. The van der Waals surface area contributed by atoms with Crippen LogP contribution in [0.1, 0.15) is 18.1 Å². The van der Waals surface area contributed by atoms with Crippen LogP contribution in [0.3, 0.4) is 0 Å². The van der Waals surface area contributed by atoms with E-state index >= 15 is 0 Å². The molecule has 0 unspecified atom stereocenters. The van der Waals surface area contributed by atoms with Crippen molar-refractivity contribution in [3.63, 3.8) is 0 Å². The van der Waals surface area contributed by atoms with Crippen LogP contribution in [0, 0.1) is 6.92 Å².